The van der Waals surface area contributed by atoms with Gasteiger partial charge in [-0.05, 0) is 44.9 Å². The van der Waals surface area contributed by atoms with Gasteiger partial charge in [-0.25, -0.2) is 9.36 Å². The highest BCUT2D eigenvalue weighted by Crippen LogP contribution is 2.21. The molecular weight excluding hydrogens is 402 g/mol. The zero-order valence-electron chi connectivity index (χ0n) is 18.8. The zero-order valence-corrected chi connectivity index (χ0v) is 18.8. The van der Waals surface area contributed by atoms with Crippen LogP contribution in [0.3, 0.4) is 0 Å². The summed E-state index contributed by atoms with van der Waals surface area (Å²) in [4.78, 5) is 26.4. The first-order valence-corrected chi connectivity index (χ1v) is 10.8. The van der Waals surface area contributed by atoms with Crippen LogP contribution in [0.2, 0.25) is 0 Å². The summed E-state index contributed by atoms with van der Waals surface area (Å²) in [5, 5.41) is 12.6. The number of fused-ring (bicyclic) bond motifs is 1. The van der Waals surface area contributed by atoms with Crippen molar-refractivity contribution >= 4 is 16.8 Å². The van der Waals surface area contributed by atoms with Gasteiger partial charge in [0.15, 0.2) is 0 Å². The standard InChI is InChI=1S/C25H27N5O2/c1-5-21(24(31)26-15-19-13-11-16(2)12-14-19)30-25(32)22-18(4)29(20-9-7-6-8-10-20)28-23(22)17(3)27-30/h6-14,21H,5,15H2,1-4H3,(H,26,31)/t21-/m0/s1. The molecule has 0 radical (unpaired) electrons. The normalized spacial score (nSPS) is 12.1. The summed E-state index contributed by atoms with van der Waals surface area (Å²) in [6.45, 7) is 7.98. The van der Waals surface area contributed by atoms with Crippen molar-refractivity contribution in [3.05, 3.63) is 87.5 Å². The van der Waals surface area contributed by atoms with Gasteiger partial charge in [0, 0.05) is 6.54 Å². The summed E-state index contributed by atoms with van der Waals surface area (Å²) in [5.74, 6) is -0.227. The van der Waals surface area contributed by atoms with E-state index in [9.17, 15) is 9.59 Å². The number of nitrogens with zero attached hydrogens (tertiary/aromatic N) is 4. The highest BCUT2D eigenvalue weighted by atomic mass is 16.2. The van der Waals surface area contributed by atoms with E-state index < -0.39 is 6.04 Å². The summed E-state index contributed by atoms with van der Waals surface area (Å²) < 4.78 is 3.07. The second kappa shape index (κ2) is 8.78. The molecule has 1 atom stereocenters. The highest BCUT2D eigenvalue weighted by molar-refractivity contribution is 5.84. The van der Waals surface area contributed by atoms with Crippen LogP contribution in [0.1, 0.15) is 41.9 Å². The maximum atomic E-state index is 13.4. The molecule has 0 aliphatic heterocycles. The number of nitrogens with one attached hydrogen (secondary N) is 1. The summed E-state index contributed by atoms with van der Waals surface area (Å²) >= 11 is 0. The van der Waals surface area contributed by atoms with Gasteiger partial charge in [-0.1, -0.05) is 55.0 Å². The van der Waals surface area contributed by atoms with Crippen LogP contribution in [-0.2, 0) is 11.3 Å². The Hall–Kier alpha value is -3.74. The van der Waals surface area contributed by atoms with Crippen molar-refractivity contribution in [1.29, 1.82) is 0 Å². The van der Waals surface area contributed by atoms with E-state index >= 15 is 0 Å². The predicted molar refractivity (Wildman–Crippen MR) is 125 cm³/mol. The van der Waals surface area contributed by atoms with Crippen LogP contribution >= 0.6 is 0 Å². The number of carbonyl (C=O) groups is 1. The van der Waals surface area contributed by atoms with E-state index in [1.54, 1.807) is 4.68 Å². The summed E-state index contributed by atoms with van der Waals surface area (Å²) in [6.07, 6.45) is 0.448. The van der Waals surface area contributed by atoms with Crippen molar-refractivity contribution in [1.82, 2.24) is 24.9 Å². The van der Waals surface area contributed by atoms with E-state index in [1.807, 2.05) is 82.3 Å². The largest absolute Gasteiger partial charge is 0.350 e. The molecule has 0 saturated carbocycles. The van der Waals surface area contributed by atoms with E-state index in [4.69, 9.17) is 0 Å². The van der Waals surface area contributed by atoms with Crippen molar-refractivity contribution < 1.29 is 4.79 Å². The van der Waals surface area contributed by atoms with Gasteiger partial charge in [-0.15, -0.1) is 0 Å². The van der Waals surface area contributed by atoms with Gasteiger partial charge >= 0.3 is 0 Å². The molecule has 0 bridgehead atoms. The van der Waals surface area contributed by atoms with Crippen molar-refractivity contribution in [2.45, 2.75) is 46.7 Å². The molecule has 1 amide bonds. The molecule has 0 aliphatic rings. The molecule has 4 rings (SSSR count). The number of aromatic nitrogens is 4. The van der Waals surface area contributed by atoms with Gasteiger partial charge in [0.1, 0.15) is 11.6 Å². The lowest BCUT2D eigenvalue weighted by Gasteiger charge is -2.17. The monoisotopic (exact) mass is 429 g/mol. The lowest BCUT2D eigenvalue weighted by atomic mass is 10.1. The molecule has 2 heterocycles. The van der Waals surface area contributed by atoms with E-state index in [0.717, 1.165) is 22.5 Å². The first-order chi connectivity index (χ1) is 15.4. The van der Waals surface area contributed by atoms with Gasteiger partial charge in [0.2, 0.25) is 5.91 Å². The van der Waals surface area contributed by atoms with Crippen LogP contribution in [0.15, 0.2) is 59.4 Å². The number of aryl methyl sites for hydroxylation is 3. The summed E-state index contributed by atoms with van der Waals surface area (Å²) in [7, 11) is 0. The first kappa shape index (κ1) is 21.5. The topological polar surface area (TPSA) is 81.8 Å². The Kier molecular flexibility index (Phi) is 5.90. The van der Waals surface area contributed by atoms with Crippen molar-refractivity contribution in [3.8, 4) is 5.69 Å². The number of para-hydroxylation sites is 1. The molecule has 32 heavy (non-hydrogen) atoms. The number of benzene rings is 2. The van der Waals surface area contributed by atoms with Gasteiger partial charge in [0.25, 0.3) is 5.56 Å². The fraction of sp³-hybridized carbons (Fsp3) is 0.280. The molecule has 164 valence electrons. The van der Waals surface area contributed by atoms with E-state index in [1.165, 1.54) is 4.68 Å². The molecule has 0 saturated heterocycles. The summed E-state index contributed by atoms with van der Waals surface area (Å²) in [5.41, 5.74) is 4.63. The lowest BCUT2D eigenvalue weighted by Crippen LogP contribution is -2.38. The molecule has 7 nitrogen and oxygen atoms in total. The minimum Gasteiger partial charge on any atom is -0.350 e. The molecule has 7 heteroatoms. The van der Waals surface area contributed by atoms with Crippen LogP contribution in [0.5, 0.6) is 0 Å². The van der Waals surface area contributed by atoms with E-state index in [2.05, 4.69) is 15.5 Å². The lowest BCUT2D eigenvalue weighted by molar-refractivity contribution is -0.125. The van der Waals surface area contributed by atoms with Gasteiger partial charge in [-0.3, -0.25) is 9.59 Å². The Morgan fingerprint density at radius 2 is 1.69 bits per heavy atom. The summed E-state index contributed by atoms with van der Waals surface area (Å²) in [6, 6.07) is 17.0. The second-order valence-electron chi connectivity index (χ2n) is 8.02. The molecule has 2 aromatic carbocycles. The minimum absolute atomic E-state index is 0.227. The minimum atomic E-state index is -0.699. The Bertz CT molecular complexity index is 1320. The number of hydrogen-bond acceptors (Lipinski definition) is 4. The molecule has 0 fully saturated rings. The second-order valence-corrected chi connectivity index (χ2v) is 8.02. The van der Waals surface area contributed by atoms with Gasteiger partial charge in [0.05, 0.1) is 22.5 Å². The van der Waals surface area contributed by atoms with E-state index in [-0.39, 0.29) is 11.5 Å². The number of amides is 1. The Labute approximate surface area is 186 Å². The van der Waals surface area contributed by atoms with Crippen LogP contribution in [0.4, 0.5) is 0 Å². The van der Waals surface area contributed by atoms with Crippen LogP contribution in [0, 0.1) is 20.8 Å². The van der Waals surface area contributed by atoms with Gasteiger partial charge < -0.3 is 5.32 Å². The van der Waals surface area contributed by atoms with Crippen molar-refractivity contribution in [2.24, 2.45) is 0 Å². The maximum Gasteiger partial charge on any atom is 0.278 e. The Morgan fingerprint density at radius 1 is 1.00 bits per heavy atom. The molecule has 1 N–H and O–H groups in total. The average Bonchev–Trinajstić information content (AvgIpc) is 3.16. The van der Waals surface area contributed by atoms with Crippen LogP contribution in [0.25, 0.3) is 16.6 Å². The van der Waals surface area contributed by atoms with E-state index in [0.29, 0.717) is 29.6 Å². The smallest absolute Gasteiger partial charge is 0.278 e. The highest BCUT2D eigenvalue weighted by Gasteiger charge is 2.25. The first-order valence-electron chi connectivity index (χ1n) is 10.8. The fourth-order valence-corrected chi connectivity index (χ4v) is 3.89. The SMILES string of the molecule is CC[C@@H](C(=O)NCc1ccc(C)cc1)n1nc(C)c2nn(-c3ccccc3)c(C)c2c1=O. The maximum absolute atomic E-state index is 13.4. The molecular formula is C25H27N5O2. The fourth-order valence-electron chi connectivity index (χ4n) is 3.89. The predicted octanol–water partition coefficient (Wildman–Crippen LogP) is 3.77. The van der Waals surface area contributed by atoms with Crippen molar-refractivity contribution in [3.63, 3.8) is 0 Å². The van der Waals surface area contributed by atoms with Crippen molar-refractivity contribution in [2.75, 3.05) is 0 Å². The quantitative estimate of drug-likeness (QED) is 0.506. The third-order valence-electron chi connectivity index (χ3n) is 5.71. The van der Waals surface area contributed by atoms with Gasteiger partial charge in [-0.2, -0.15) is 10.2 Å². The average molecular weight is 430 g/mol. The molecule has 0 unspecified atom stereocenters. The molecule has 2 aromatic heterocycles. The molecule has 0 spiro atoms. The zero-order chi connectivity index (χ0) is 22.8. The number of hydrogen-bond donors (Lipinski definition) is 1. The Balaban J connectivity index is 1.70. The Morgan fingerprint density at radius 3 is 2.34 bits per heavy atom. The number of carbonyl (C=O) groups excluding carboxylic acids is 1. The van der Waals surface area contributed by atoms with Crippen LogP contribution in [-0.4, -0.2) is 25.5 Å². The molecule has 4 aromatic rings. The molecule has 0 aliphatic carbocycles. The third kappa shape index (κ3) is 3.93. The van der Waals surface area contributed by atoms with Crippen LogP contribution < -0.4 is 10.9 Å². The third-order valence-corrected chi connectivity index (χ3v) is 5.71. The number of rotatable bonds is 6.